The van der Waals surface area contributed by atoms with E-state index in [-0.39, 0.29) is 0 Å². The lowest BCUT2D eigenvalue weighted by molar-refractivity contribution is 0.276. The van der Waals surface area contributed by atoms with Crippen molar-refractivity contribution in [1.29, 1.82) is 0 Å². The molecule has 1 aliphatic heterocycles. The molecule has 0 unspecified atom stereocenters. The van der Waals surface area contributed by atoms with Gasteiger partial charge in [-0.05, 0) is 47.6 Å². The summed E-state index contributed by atoms with van der Waals surface area (Å²) in [5.41, 5.74) is 0.904. The summed E-state index contributed by atoms with van der Waals surface area (Å²) in [7, 11) is 0. The molecule has 3 heterocycles. The van der Waals surface area contributed by atoms with E-state index in [2.05, 4.69) is 40.7 Å². The molecule has 0 saturated carbocycles. The molecular formula is C12H16BrN5. The van der Waals surface area contributed by atoms with Crippen LogP contribution >= 0.6 is 15.9 Å². The highest BCUT2D eigenvalue weighted by molar-refractivity contribution is 9.10. The minimum Gasteiger partial charge on any atom is -0.315 e. The molecule has 0 amide bonds. The number of hydrogen-bond acceptors (Lipinski definition) is 4. The minimum absolute atomic E-state index is 0.860. The van der Waals surface area contributed by atoms with Crippen LogP contribution in [0.4, 0.5) is 0 Å². The maximum atomic E-state index is 4.29. The summed E-state index contributed by atoms with van der Waals surface area (Å²) in [6, 6.07) is 3.97. The molecule has 1 N–H and O–H groups in total. The van der Waals surface area contributed by atoms with E-state index < -0.39 is 0 Å². The van der Waals surface area contributed by atoms with E-state index >= 15 is 0 Å². The molecule has 6 heteroatoms. The first-order chi connectivity index (χ1) is 8.83. The zero-order chi connectivity index (χ0) is 12.4. The molecule has 96 valence electrons. The van der Waals surface area contributed by atoms with Gasteiger partial charge in [0.1, 0.15) is 0 Å². The Balaban J connectivity index is 1.83. The van der Waals surface area contributed by atoms with Crippen LogP contribution in [0.1, 0.15) is 12.2 Å². The van der Waals surface area contributed by atoms with Crippen molar-refractivity contribution in [2.24, 2.45) is 0 Å². The van der Waals surface area contributed by atoms with Gasteiger partial charge in [0.15, 0.2) is 11.5 Å². The lowest BCUT2D eigenvalue weighted by Gasteiger charge is -2.17. The van der Waals surface area contributed by atoms with E-state index in [1.807, 2.05) is 18.3 Å². The van der Waals surface area contributed by atoms with E-state index in [0.717, 1.165) is 48.7 Å². The van der Waals surface area contributed by atoms with Gasteiger partial charge in [0.25, 0.3) is 0 Å². The molecule has 5 nitrogen and oxygen atoms in total. The predicted molar refractivity (Wildman–Crippen MR) is 73.5 cm³/mol. The monoisotopic (exact) mass is 309 g/mol. The van der Waals surface area contributed by atoms with Gasteiger partial charge in [-0.3, -0.25) is 9.30 Å². The van der Waals surface area contributed by atoms with Crippen LogP contribution in [-0.4, -0.2) is 45.7 Å². The van der Waals surface area contributed by atoms with Crippen molar-refractivity contribution < 1.29 is 0 Å². The summed E-state index contributed by atoms with van der Waals surface area (Å²) < 4.78 is 3.11. The summed E-state index contributed by atoms with van der Waals surface area (Å²) in [6.07, 6.45) is 3.22. The molecule has 2 aromatic rings. The van der Waals surface area contributed by atoms with Gasteiger partial charge >= 0.3 is 0 Å². The largest absolute Gasteiger partial charge is 0.315 e. The molecule has 0 aliphatic carbocycles. The summed E-state index contributed by atoms with van der Waals surface area (Å²) in [6.45, 7) is 5.22. The van der Waals surface area contributed by atoms with Gasteiger partial charge in [-0.1, -0.05) is 0 Å². The van der Waals surface area contributed by atoms with Crippen LogP contribution in [0, 0.1) is 0 Å². The standard InChI is InChI=1S/C12H16BrN5/c13-10-2-3-11-15-16-12(18(11)8-10)9-17-6-1-4-14-5-7-17/h2-3,8,14H,1,4-7,9H2. The maximum Gasteiger partial charge on any atom is 0.160 e. The zero-order valence-electron chi connectivity index (χ0n) is 10.1. The summed E-state index contributed by atoms with van der Waals surface area (Å²) in [5.74, 6) is 1.01. The number of hydrogen-bond donors (Lipinski definition) is 1. The van der Waals surface area contributed by atoms with Crippen molar-refractivity contribution >= 4 is 21.6 Å². The number of halogens is 1. The van der Waals surface area contributed by atoms with Crippen LogP contribution in [-0.2, 0) is 6.54 Å². The topological polar surface area (TPSA) is 45.5 Å². The van der Waals surface area contributed by atoms with Gasteiger partial charge in [0, 0.05) is 23.8 Å². The number of aromatic nitrogens is 3. The molecule has 0 bridgehead atoms. The van der Waals surface area contributed by atoms with Crippen molar-refractivity contribution in [2.75, 3.05) is 26.2 Å². The van der Waals surface area contributed by atoms with Crippen LogP contribution < -0.4 is 5.32 Å². The van der Waals surface area contributed by atoms with Gasteiger partial charge in [-0.25, -0.2) is 0 Å². The molecule has 1 fully saturated rings. The molecule has 3 rings (SSSR count). The average molecular weight is 310 g/mol. The first kappa shape index (κ1) is 12.1. The highest BCUT2D eigenvalue weighted by Crippen LogP contribution is 2.13. The fourth-order valence-corrected chi connectivity index (χ4v) is 2.62. The lowest BCUT2D eigenvalue weighted by atomic mass is 10.4. The van der Waals surface area contributed by atoms with Gasteiger partial charge in [-0.2, -0.15) is 0 Å². The minimum atomic E-state index is 0.860. The molecule has 2 aromatic heterocycles. The van der Waals surface area contributed by atoms with Gasteiger partial charge in [0.05, 0.1) is 6.54 Å². The van der Waals surface area contributed by atoms with Crippen LogP contribution in [0.15, 0.2) is 22.8 Å². The predicted octanol–water partition coefficient (Wildman–Crippen LogP) is 1.29. The zero-order valence-corrected chi connectivity index (χ0v) is 11.7. The highest BCUT2D eigenvalue weighted by atomic mass is 79.9. The van der Waals surface area contributed by atoms with Crippen molar-refractivity contribution in [3.63, 3.8) is 0 Å². The summed E-state index contributed by atoms with van der Waals surface area (Å²) in [4.78, 5) is 2.43. The Kier molecular flexibility index (Phi) is 3.58. The Bertz CT molecular complexity index is 530. The van der Waals surface area contributed by atoms with Crippen LogP contribution in [0.2, 0.25) is 0 Å². The molecule has 0 spiro atoms. The maximum absolute atomic E-state index is 4.29. The number of fused-ring (bicyclic) bond motifs is 1. The van der Waals surface area contributed by atoms with Crippen LogP contribution in [0.3, 0.4) is 0 Å². The third-order valence-electron chi connectivity index (χ3n) is 3.23. The molecule has 0 radical (unpaired) electrons. The smallest absolute Gasteiger partial charge is 0.160 e. The summed E-state index contributed by atoms with van der Waals surface area (Å²) >= 11 is 3.49. The molecule has 18 heavy (non-hydrogen) atoms. The van der Waals surface area contributed by atoms with E-state index in [4.69, 9.17) is 0 Å². The number of nitrogens with zero attached hydrogens (tertiary/aromatic N) is 4. The van der Waals surface area contributed by atoms with E-state index in [1.165, 1.54) is 6.42 Å². The van der Waals surface area contributed by atoms with Crippen LogP contribution in [0.5, 0.6) is 0 Å². The number of rotatable bonds is 2. The molecule has 1 saturated heterocycles. The van der Waals surface area contributed by atoms with E-state index in [9.17, 15) is 0 Å². The second kappa shape index (κ2) is 5.34. The van der Waals surface area contributed by atoms with Crippen molar-refractivity contribution in [2.45, 2.75) is 13.0 Å². The molecular weight excluding hydrogens is 294 g/mol. The Morgan fingerprint density at radius 2 is 2.17 bits per heavy atom. The normalized spacial score (nSPS) is 18.1. The van der Waals surface area contributed by atoms with Crippen molar-refractivity contribution in [3.8, 4) is 0 Å². The second-order valence-electron chi connectivity index (χ2n) is 4.57. The SMILES string of the molecule is Brc1ccc2nnc(CN3CCCNCC3)n2c1. The lowest BCUT2D eigenvalue weighted by Crippen LogP contribution is -2.28. The second-order valence-corrected chi connectivity index (χ2v) is 5.49. The number of nitrogens with one attached hydrogen (secondary N) is 1. The van der Waals surface area contributed by atoms with Crippen LogP contribution in [0.25, 0.3) is 5.65 Å². The quantitative estimate of drug-likeness (QED) is 0.908. The Morgan fingerprint density at radius 3 is 3.11 bits per heavy atom. The summed E-state index contributed by atoms with van der Waals surface area (Å²) in [5, 5.41) is 11.9. The molecule has 0 atom stereocenters. The average Bonchev–Trinajstić information content (AvgIpc) is 2.60. The fourth-order valence-electron chi connectivity index (χ4n) is 2.28. The van der Waals surface area contributed by atoms with E-state index in [0.29, 0.717) is 0 Å². The van der Waals surface area contributed by atoms with E-state index in [1.54, 1.807) is 0 Å². The van der Waals surface area contributed by atoms with Gasteiger partial charge in [-0.15, -0.1) is 10.2 Å². The first-order valence-electron chi connectivity index (χ1n) is 6.25. The van der Waals surface area contributed by atoms with Gasteiger partial charge < -0.3 is 5.32 Å². The fraction of sp³-hybridized carbons (Fsp3) is 0.500. The van der Waals surface area contributed by atoms with Gasteiger partial charge in [0.2, 0.25) is 0 Å². The third-order valence-corrected chi connectivity index (χ3v) is 3.70. The molecule has 1 aliphatic rings. The Morgan fingerprint density at radius 1 is 1.22 bits per heavy atom. The van der Waals surface area contributed by atoms with Crippen molar-refractivity contribution in [3.05, 3.63) is 28.6 Å². The Hall–Kier alpha value is -0.980. The first-order valence-corrected chi connectivity index (χ1v) is 7.04. The third kappa shape index (κ3) is 2.55. The Labute approximate surface area is 114 Å². The molecule has 0 aromatic carbocycles. The number of pyridine rings is 1. The van der Waals surface area contributed by atoms with Crippen molar-refractivity contribution in [1.82, 2.24) is 24.8 Å². The highest BCUT2D eigenvalue weighted by Gasteiger charge is 2.13.